The Morgan fingerprint density at radius 2 is 1.53 bits per heavy atom. The standard InChI is InChI=1S/C58H89NO17/c1-33-15-11-10-12-16-34(2)46(71-23-24-72-49-32-74-52-45(62)31-73-53(49)52)29-41-20-18-39(7)58(68,76-41)55(65)56(66)59-22-14-13-17-42(59)57(67)75-47(36(4)27-40-19-21-43(60)48(28-40)69-8)30-44(61)35(3)26-38(6)51(64)54(70-9)50(63)37(5)25-33/h10-12,15-16,26,33,35-37,39-43,45-49,51-54,60,62,64,68H,13-14,17-25,27-32H2,1-9H3/b12-10+,15-11+,34-16+,38-26+/t33-,35-,36-,37-,39-,40+,41+,42+,43-,45+,46+,47+,48-,49-,51-,52-,53-,54+,58-/m1/s1. The van der Waals surface area contributed by atoms with Crippen LogP contribution in [0.3, 0.4) is 0 Å². The topological polar surface area (TPSA) is 243 Å². The lowest BCUT2D eigenvalue weighted by atomic mass is 9.78. The number of esters is 1. The third-order valence-electron chi connectivity index (χ3n) is 16.9. The smallest absolute Gasteiger partial charge is 0.329 e. The van der Waals surface area contributed by atoms with Crippen LogP contribution in [0.2, 0.25) is 0 Å². The zero-order valence-corrected chi connectivity index (χ0v) is 46.4. The van der Waals surface area contributed by atoms with Gasteiger partial charge < -0.3 is 63.2 Å². The quantitative estimate of drug-likeness (QED) is 0.0963. The van der Waals surface area contributed by atoms with Gasteiger partial charge in [-0.25, -0.2) is 4.79 Å². The fourth-order valence-corrected chi connectivity index (χ4v) is 12.0. The summed E-state index contributed by atoms with van der Waals surface area (Å²) in [5.74, 6) is -8.40. The molecule has 0 spiro atoms. The maximum Gasteiger partial charge on any atom is 0.329 e. The molecule has 1 amide bonds. The SMILES string of the molecule is CO[C@@H]1C[C@H](C[C@@H](C)[C@@H]2CC(=O)[C@H](C)/C=C(\C)[C@@H](O)[C@@H](OC)C(=O)[C@H](C)C[C@H](C)/C=C/C=C/C=C(\C)[C@@H](OCCO[C@@H]3CO[C@H]4[C@@H]3OC[C@@H]4O)C[C@@H]3CC[C@@H](C)[C@@](O)(O3)C(=O)C(=O)N3CCCC[C@H]3C(=O)O2)CC[C@H]1O. The minimum absolute atomic E-state index is 0.0290. The summed E-state index contributed by atoms with van der Waals surface area (Å²) in [4.78, 5) is 72.8. The molecule has 6 rings (SSSR count). The molecule has 428 valence electrons. The summed E-state index contributed by atoms with van der Waals surface area (Å²) < 4.78 is 47.8. The van der Waals surface area contributed by atoms with Gasteiger partial charge in [0.2, 0.25) is 5.79 Å². The summed E-state index contributed by atoms with van der Waals surface area (Å²) in [6.07, 6.45) is 8.36. The molecule has 0 aromatic carbocycles. The minimum atomic E-state index is -2.51. The molecule has 6 aliphatic rings. The van der Waals surface area contributed by atoms with Crippen molar-refractivity contribution >= 4 is 29.2 Å². The van der Waals surface area contributed by atoms with Crippen molar-refractivity contribution in [3.8, 4) is 0 Å². The molecular weight excluding hydrogens is 983 g/mol. The van der Waals surface area contributed by atoms with E-state index in [1.807, 2.05) is 51.2 Å². The van der Waals surface area contributed by atoms with Crippen LogP contribution in [0.25, 0.3) is 0 Å². The number of carbonyl (C=O) groups excluding carboxylic acids is 5. The van der Waals surface area contributed by atoms with E-state index in [9.17, 15) is 44.4 Å². The average Bonchev–Trinajstić information content (AvgIpc) is 3.99. The number of ether oxygens (including phenoxy) is 8. The van der Waals surface area contributed by atoms with Gasteiger partial charge >= 0.3 is 5.97 Å². The lowest BCUT2D eigenvalue weighted by Crippen LogP contribution is -2.61. The summed E-state index contributed by atoms with van der Waals surface area (Å²) >= 11 is 0. The van der Waals surface area contributed by atoms with Crippen LogP contribution in [-0.4, -0.2) is 181 Å². The van der Waals surface area contributed by atoms with E-state index < -0.39 is 96.1 Å². The minimum Gasteiger partial charge on any atom is -0.460 e. The number of Topliss-reactive ketones (excluding diaryl/α,β-unsaturated/α-hetero) is 3. The Balaban J connectivity index is 1.28. The van der Waals surface area contributed by atoms with E-state index in [2.05, 4.69) is 0 Å². The van der Waals surface area contributed by atoms with Crippen LogP contribution >= 0.6 is 0 Å². The third kappa shape index (κ3) is 15.6. The second kappa shape index (κ2) is 28.6. The van der Waals surface area contributed by atoms with Crippen molar-refractivity contribution in [3.05, 3.63) is 47.6 Å². The number of cyclic esters (lactones) is 1. The molecule has 18 nitrogen and oxygen atoms in total. The lowest BCUT2D eigenvalue weighted by molar-refractivity contribution is -0.266. The first kappa shape index (κ1) is 61.7. The van der Waals surface area contributed by atoms with Gasteiger partial charge in [-0.05, 0) is 107 Å². The highest BCUT2D eigenvalue weighted by Gasteiger charge is 2.53. The van der Waals surface area contributed by atoms with Gasteiger partial charge in [0.15, 0.2) is 5.78 Å². The number of aliphatic hydroxyl groups excluding tert-OH is 3. The molecule has 19 atom stereocenters. The van der Waals surface area contributed by atoms with Crippen LogP contribution in [-0.2, 0) is 61.9 Å². The van der Waals surface area contributed by atoms with Crippen LogP contribution in [0.4, 0.5) is 0 Å². The number of amides is 1. The zero-order chi connectivity index (χ0) is 55.4. The molecule has 18 heteroatoms. The Hall–Kier alpha value is -3.53. The number of fused-ring (bicyclic) bond motifs is 4. The van der Waals surface area contributed by atoms with Crippen LogP contribution in [0.1, 0.15) is 126 Å². The Morgan fingerprint density at radius 1 is 0.789 bits per heavy atom. The highest BCUT2D eigenvalue weighted by atomic mass is 16.6. The fraction of sp³-hybridized carbons (Fsp3) is 0.776. The number of methoxy groups -OCH3 is 2. The van der Waals surface area contributed by atoms with Crippen molar-refractivity contribution in [2.75, 3.05) is 47.2 Å². The van der Waals surface area contributed by atoms with Crippen molar-refractivity contribution in [2.24, 2.45) is 35.5 Å². The predicted octanol–water partition coefficient (Wildman–Crippen LogP) is 5.09. The van der Waals surface area contributed by atoms with Gasteiger partial charge in [-0.15, -0.1) is 0 Å². The number of nitrogens with zero attached hydrogens (tertiary/aromatic N) is 1. The Bertz CT molecular complexity index is 2090. The summed E-state index contributed by atoms with van der Waals surface area (Å²) in [6, 6.07) is -1.18. The van der Waals surface area contributed by atoms with Crippen LogP contribution in [0.15, 0.2) is 47.6 Å². The van der Waals surface area contributed by atoms with Crippen molar-refractivity contribution in [1.82, 2.24) is 4.90 Å². The van der Waals surface area contributed by atoms with E-state index in [4.69, 9.17) is 37.9 Å². The fourth-order valence-electron chi connectivity index (χ4n) is 12.0. The summed E-state index contributed by atoms with van der Waals surface area (Å²) in [5.41, 5.74) is 1.18. The maximum absolute atomic E-state index is 14.5. The van der Waals surface area contributed by atoms with E-state index in [-0.39, 0.29) is 99.9 Å². The van der Waals surface area contributed by atoms with Crippen molar-refractivity contribution in [2.45, 2.75) is 204 Å². The first-order valence-corrected chi connectivity index (χ1v) is 28.0. The zero-order valence-electron chi connectivity index (χ0n) is 46.4. The molecule has 5 fully saturated rings. The molecule has 1 saturated carbocycles. The van der Waals surface area contributed by atoms with Crippen LogP contribution in [0.5, 0.6) is 0 Å². The number of hydrogen-bond donors (Lipinski definition) is 4. The van der Waals surface area contributed by atoms with E-state index in [1.54, 1.807) is 40.9 Å². The van der Waals surface area contributed by atoms with Crippen LogP contribution in [0, 0.1) is 35.5 Å². The van der Waals surface area contributed by atoms with Gasteiger partial charge in [0.05, 0.1) is 50.8 Å². The summed E-state index contributed by atoms with van der Waals surface area (Å²) in [6.45, 7) is 13.4. The normalized spacial score (nSPS) is 42.0. The van der Waals surface area contributed by atoms with Gasteiger partial charge in [0.1, 0.15) is 54.6 Å². The number of hydrogen-bond acceptors (Lipinski definition) is 17. The monoisotopic (exact) mass is 1070 g/mol. The molecule has 0 unspecified atom stereocenters. The molecule has 5 aliphatic heterocycles. The second-order valence-electron chi connectivity index (χ2n) is 22.8. The molecule has 5 heterocycles. The van der Waals surface area contributed by atoms with Crippen molar-refractivity contribution in [3.63, 3.8) is 0 Å². The van der Waals surface area contributed by atoms with Gasteiger partial charge in [0.25, 0.3) is 11.7 Å². The Labute approximate surface area is 449 Å². The highest BCUT2D eigenvalue weighted by molar-refractivity contribution is 6.39. The largest absolute Gasteiger partial charge is 0.460 e. The Kier molecular flexibility index (Phi) is 23.2. The molecular formula is C58H89NO17. The number of rotatable bonds is 10. The first-order chi connectivity index (χ1) is 36.2. The maximum atomic E-state index is 14.5. The summed E-state index contributed by atoms with van der Waals surface area (Å²) in [5, 5.41) is 44.5. The first-order valence-electron chi connectivity index (χ1n) is 28.0. The molecule has 2 bridgehead atoms. The molecule has 1 aliphatic carbocycles. The van der Waals surface area contributed by atoms with Gasteiger partial charge in [-0.1, -0.05) is 71.1 Å². The number of carbonyl (C=O) groups is 5. The predicted molar refractivity (Wildman–Crippen MR) is 279 cm³/mol. The molecule has 4 saturated heterocycles. The molecule has 0 aromatic rings. The number of ketones is 3. The highest BCUT2D eigenvalue weighted by Crippen LogP contribution is 2.38. The van der Waals surface area contributed by atoms with Crippen molar-refractivity contribution in [1.29, 1.82) is 0 Å². The third-order valence-corrected chi connectivity index (χ3v) is 16.9. The van der Waals surface area contributed by atoms with E-state index >= 15 is 0 Å². The van der Waals surface area contributed by atoms with Crippen molar-refractivity contribution < 1.29 is 82.3 Å². The van der Waals surface area contributed by atoms with Crippen LogP contribution < -0.4 is 0 Å². The Morgan fingerprint density at radius 3 is 2.26 bits per heavy atom. The average molecular weight is 1070 g/mol. The van der Waals surface area contributed by atoms with E-state index in [0.29, 0.717) is 63.4 Å². The molecule has 76 heavy (non-hydrogen) atoms. The van der Waals surface area contributed by atoms with Gasteiger partial charge in [0, 0.05) is 51.4 Å². The van der Waals surface area contributed by atoms with Gasteiger partial charge in [-0.3, -0.25) is 19.2 Å². The van der Waals surface area contributed by atoms with E-state index in [0.717, 1.165) is 5.57 Å². The lowest BCUT2D eigenvalue weighted by Gasteiger charge is -2.43. The van der Waals surface area contributed by atoms with Gasteiger partial charge in [-0.2, -0.15) is 0 Å². The number of aliphatic hydroxyl groups is 4. The molecule has 0 aromatic heterocycles. The number of allylic oxidation sites excluding steroid dienone is 6. The summed E-state index contributed by atoms with van der Waals surface area (Å²) in [7, 11) is 2.93. The molecule has 4 N–H and O–H groups in total. The number of piperidine rings is 1. The second-order valence-corrected chi connectivity index (χ2v) is 22.8. The van der Waals surface area contributed by atoms with E-state index in [1.165, 1.54) is 12.0 Å². The molecule has 0 radical (unpaired) electrons.